The van der Waals surface area contributed by atoms with E-state index >= 15 is 0 Å². The van der Waals surface area contributed by atoms with Crippen molar-refractivity contribution in [2.75, 3.05) is 0 Å². The van der Waals surface area contributed by atoms with Crippen LogP contribution in [0.5, 0.6) is 0 Å². The fourth-order valence-corrected chi connectivity index (χ4v) is 1.34. The van der Waals surface area contributed by atoms with Crippen LogP contribution in [0, 0.1) is 0 Å². The van der Waals surface area contributed by atoms with Gasteiger partial charge in [-0.15, -0.1) is 0 Å². The van der Waals surface area contributed by atoms with Crippen LogP contribution in [0.1, 0.15) is 5.56 Å². The van der Waals surface area contributed by atoms with Crippen LogP contribution in [0.2, 0.25) is 0 Å². The first-order chi connectivity index (χ1) is 3.93. The molecule has 0 saturated heterocycles. The molecule has 0 aliphatic heterocycles. The quantitative estimate of drug-likeness (QED) is 0.446. The van der Waals surface area contributed by atoms with Crippen LogP contribution in [-0.2, 0) is 23.3 Å². The molecular weight excluding hydrogens is 276 g/mol. The maximum atomic E-state index is 2.17. The second kappa shape index (κ2) is 5.37. The minimum absolute atomic E-state index is 0. The van der Waals surface area contributed by atoms with E-state index in [1.165, 1.54) is 28.9 Å². The number of hydrogen-bond acceptors (Lipinski definition) is 0. The van der Waals surface area contributed by atoms with Gasteiger partial charge in [0.25, 0.3) is 0 Å². The van der Waals surface area contributed by atoms with E-state index in [4.69, 9.17) is 0 Å². The molecule has 0 aliphatic rings. The topological polar surface area (TPSA) is 0 Å². The molecule has 1 rings (SSSR count). The summed E-state index contributed by atoms with van der Waals surface area (Å²) in [6.45, 7) is 0. The summed E-state index contributed by atoms with van der Waals surface area (Å²) in [6.07, 6.45) is 0. The molecule has 0 radical (unpaired) electrons. The maximum absolute atomic E-state index is 2.17. The van der Waals surface area contributed by atoms with Gasteiger partial charge in [-0.05, 0) is 0 Å². The zero-order valence-electron chi connectivity index (χ0n) is 5.18. The molecule has 0 bridgehead atoms. The zero-order valence-corrected chi connectivity index (χ0v) is 10.3. The SMILES string of the molecule is [I-].[Zn+][CH2]c1ccccc1. The Morgan fingerprint density at radius 3 is 2.00 bits per heavy atom. The van der Waals surface area contributed by atoms with E-state index in [1.807, 2.05) is 0 Å². The molecule has 9 heavy (non-hydrogen) atoms. The Morgan fingerprint density at radius 2 is 1.67 bits per heavy atom. The Bertz CT molecular complexity index is 150. The minimum atomic E-state index is 0. The molecule has 1 aromatic carbocycles. The molecule has 0 spiro atoms. The van der Waals surface area contributed by atoms with Crippen LogP contribution in [0.25, 0.3) is 0 Å². The van der Waals surface area contributed by atoms with Gasteiger partial charge in [-0.3, -0.25) is 0 Å². The van der Waals surface area contributed by atoms with Gasteiger partial charge in [0.05, 0.1) is 0 Å². The Labute approximate surface area is 82.7 Å². The molecule has 0 N–H and O–H groups in total. The van der Waals surface area contributed by atoms with Gasteiger partial charge < -0.3 is 24.0 Å². The first-order valence-corrected chi connectivity index (χ1v) is 4.86. The van der Waals surface area contributed by atoms with Crippen molar-refractivity contribution in [3.63, 3.8) is 0 Å². The predicted octanol–water partition coefficient (Wildman–Crippen LogP) is -1.26. The van der Waals surface area contributed by atoms with E-state index in [2.05, 4.69) is 30.3 Å². The molecule has 0 atom stereocenters. The summed E-state index contributed by atoms with van der Waals surface area (Å²) in [5.41, 5.74) is 1.47. The summed E-state index contributed by atoms with van der Waals surface area (Å²) < 4.78 is 0. The average molecular weight is 283 g/mol. The third-order valence-corrected chi connectivity index (χ3v) is 2.34. The van der Waals surface area contributed by atoms with Crippen LogP contribution in [0.3, 0.4) is 0 Å². The molecule has 0 amide bonds. The Hall–Kier alpha value is 0.573. The normalized spacial score (nSPS) is 8.22. The summed E-state index contributed by atoms with van der Waals surface area (Å²) in [7, 11) is 0. The molecule has 0 saturated carbocycles. The molecule has 44 valence electrons. The number of rotatable bonds is 1. The van der Waals surface area contributed by atoms with Crippen molar-refractivity contribution >= 4 is 0 Å². The first-order valence-electron chi connectivity index (χ1n) is 2.76. The van der Waals surface area contributed by atoms with E-state index in [1.54, 1.807) is 0 Å². The summed E-state index contributed by atoms with van der Waals surface area (Å²) in [4.78, 5) is 0. The summed E-state index contributed by atoms with van der Waals surface area (Å²) in [6, 6.07) is 10.6. The van der Waals surface area contributed by atoms with Crippen molar-refractivity contribution in [2.24, 2.45) is 0 Å². The fraction of sp³-hybridized carbons (Fsp3) is 0.143. The first kappa shape index (κ1) is 9.57. The van der Waals surface area contributed by atoms with Crippen molar-refractivity contribution in [3.05, 3.63) is 35.9 Å². The molecule has 0 unspecified atom stereocenters. The van der Waals surface area contributed by atoms with Crippen molar-refractivity contribution in [3.8, 4) is 0 Å². The molecule has 2 heteroatoms. The Morgan fingerprint density at radius 1 is 1.11 bits per heavy atom. The van der Waals surface area contributed by atoms with Crippen molar-refractivity contribution in [1.29, 1.82) is 0 Å². The van der Waals surface area contributed by atoms with Gasteiger partial charge in [0.15, 0.2) is 0 Å². The van der Waals surface area contributed by atoms with Crippen molar-refractivity contribution in [2.45, 2.75) is 5.02 Å². The van der Waals surface area contributed by atoms with Crippen LogP contribution < -0.4 is 24.0 Å². The van der Waals surface area contributed by atoms with Gasteiger partial charge in [0.2, 0.25) is 0 Å². The van der Waals surface area contributed by atoms with Crippen molar-refractivity contribution in [1.82, 2.24) is 0 Å². The summed E-state index contributed by atoms with van der Waals surface area (Å²) in [5.74, 6) is 0. The third-order valence-electron chi connectivity index (χ3n) is 1.13. The van der Waals surface area contributed by atoms with Crippen molar-refractivity contribution < 1.29 is 42.3 Å². The molecule has 0 aromatic heterocycles. The second-order valence-electron chi connectivity index (χ2n) is 1.74. The molecule has 1 aromatic rings. The number of hydrogen-bond donors (Lipinski definition) is 0. The van der Waals surface area contributed by atoms with Crippen LogP contribution in [-0.4, -0.2) is 0 Å². The summed E-state index contributed by atoms with van der Waals surface area (Å²) in [5, 5.41) is 1.26. The molecule has 0 fully saturated rings. The predicted molar refractivity (Wildman–Crippen MR) is 30.1 cm³/mol. The molecule has 0 heterocycles. The summed E-state index contributed by atoms with van der Waals surface area (Å²) >= 11 is 1.37. The van der Waals surface area contributed by atoms with Gasteiger partial charge in [0, 0.05) is 0 Å². The zero-order chi connectivity index (χ0) is 5.82. The van der Waals surface area contributed by atoms with Gasteiger partial charge in [-0.2, -0.15) is 0 Å². The second-order valence-corrected chi connectivity index (χ2v) is 2.78. The van der Waals surface area contributed by atoms with E-state index in [-0.39, 0.29) is 24.0 Å². The standard InChI is InChI=1S/C7H7.HI.Zn/c1-7-5-3-2-4-6-7;;/h2-6H,1H2;1H;/q;;+1/p-1. The monoisotopic (exact) mass is 282 g/mol. The fourth-order valence-electron chi connectivity index (χ4n) is 0.645. The third kappa shape index (κ3) is 3.31. The van der Waals surface area contributed by atoms with Gasteiger partial charge >= 0.3 is 59.2 Å². The van der Waals surface area contributed by atoms with Crippen LogP contribution in [0.4, 0.5) is 0 Å². The number of benzene rings is 1. The van der Waals surface area contributed by atoms with E-state index in [0.717, 1.165) is 0 Å². The van der Waals surface area contributed by atoms with E-state index in [9.17, 15) is 0 Å². The molecular formula is C7H7IZn. The van der Waals surface area contributed by atoms with Gasteiger partial charge in [-0.1, -0.05) is 0 Å². The molecule has 0 nitrogen and oxygen atoms in total. The Balaban J connectivity index is 0.000000640. The van der Waals surface area contributed by atoms with Gasteiger partial charge in [0.1, 0.15) is 0 Å². The van der Waals surface area contributed by atoms with E-state index < -0.39 is 0 Å². The van der Waals surface area contributed by atoms with E-state index in [0.29, 0.717) is 0 Å². The molecule has 0 aliphatic carbocycles. The van der Waals surface area contributed by atoms with Gasteiger partial charge in [-0.25, -0.2) is 0 Å². The van der Waals surface area contributed by atoms with Crippen LogP contribution >= 0.6 is 0 Å². The Kier molecular flexibility index (Phi) is 5.71. The average Bonchev–Trinajstić information content (AvgIpc) is 1.90. The van der Waals surface area contributed by atoms with Crippen LogP contribution in [0.15, 0.2) is 30.3 Å². The number of halogens is 1.